The Morgan fingerprint density at radius 2 is 1.94 bits per heavy atom. The van der Waals surface area contributed by atoms with Gasteiger partial charge in [0.1, 0.15) is 0 Å². The van der Waals surface area contributed by atoms with Crippen molar-refractivity contribution < 1.29 is 0 Å². The molecular formula is C14H20N4. The molecule has 18 heavy (non-hydrogen) atoms. The summed E-state index contributed by atoms with van der Waals surface area (Å²) in [5.41, 5.74) is 7.74. The zero-order chi connectivity index (χ0) is 13.1. The highest BCUT2D eigenvalue weighted by molar-refractivity contribution is 5.41. The van der Waals surface area contributed by atoms with Crippen molar-refractivity contribution >= 4 is 11.6 Å². The molecule has 4 heteroatoms. The predicted octanol–water partition coefficient (Wildman–Crippen LogP) is 2.42. The molecule has 0 saturated carbocycles. The Bertz CT molecular complexity index is 499. The van der Waals surface area contributed by atoms with Crippen LogP contribution in [-0.4, -0.2) is 15.6 Å². The van der Waals surface area contributed by atoms with Gasteiger partial charge in [0.25, 0.3) is 0 Å². The number of hydrogen-bond acceptors (Lipinski definition) is 3. The number of nitrogen functional groups attached to an aromatic ring is 1. The standard InChI is InChI=1S/C14H20N4/c1-11(2)18(14-16-8-9-17(14)3)10-12-4-6-13(15)7-5-12/h4-9,11H,10,15H2,1-3H3. The Hall–Kier alpha value is -1.97. The molecule has 1 heterocycles. The lowest BCUT2D eigenvalue weighted by molar-refractivity contribution is 0.645. The van der Waals surface area contributed by atoms with Crippen LogP contribution in [0.1, 0.15) is 19.4 Å². The quantitative estimate of drug-likeness (QED) is 0.840. The molecule has 0 unspecified atom stereocenters. The number of nitrogens with two attached hydrogens (primary N) is 1. The monoisotopic (exact) mass is 244 g/mol. The Labute approximate surface area is 108 Å². The highest BCUT2D eigenvalue weighted by atomic mass is 15.3. The van der Waals surface area contributed by atoms with Crippen molar-refractivity contribution in [3.05, 3.63) is 42.2 Å². The van der Waals surface area contributed by atoms with Gasteiger partial charge in [0, 0.05) is 37.7 Å². The van der Waals surface area contributed by atoms with Crippen molar-refractivity contribution in [1.82, 2.24) is 9.55 Å². The number of benzene rings is 1. The third kappa shape index (κ3) is 2.64. The second-order valence-corrected chi connectivity index (χ2v) is 4.80. The summed E-state index contributed by atoms with van der Waals surface area (Å²) < 4.78 is 2.04. The maximum atomic E-state index is 5.71. The summed E-state index contributed by atoms with van der Waals surface area (Å²) in [5.74, 6) is 0.988. The van der Waals surface area contributed by atoms with Crippen molar-refractivity contribution in [2.45, 2.75) is 26.4 Å². The van der Waals surface area contributed by atoms with Crippen molar-refractivity contribution in [3.63, 3.8) is 0 Å². The number of aromatic nitrogens is 2. The maximum absolute atomic E-state index is 5.71. The summed E-state index contributed by atoms with van der Waals surface area (Å²) in [6.07, 6.45) is 3.79. The van der Waals surface area contributed by atoms with Crippen LogP contribution in [0.4, 0.5) is 11.6 Å². The zero-order valence-corrected chi connectivity index (χ0v) is 11.2. The largest absolute Gasteiger partial charge is 0.399 e. The van der Waals surface area contributed by atoms with Gasteiger partial charge in [-0.05, 0) is 31.5 Å². The molecule has 0 amide bonds. The second kappa shape index (κ2) is 5.12. The van der Waals surface area contributed by atoms with Crippen LogP contribution in [0.25, 0.3) is 0 Å². The Morgan fingerprint density at radius 3 is 2.44 bits per heavy atom. The molecular weight excluding hydrogens is 224 g/mol. The maximum Gasteiger partial charge on any atom is 0.205 e. The highest BCUT2D eigenvalue weighted by Crippen LogP contribution is 2.18. The fourth-order valence-electron chi connectivity index (χ4n) is 1.94. The van der Waals surface area contributed by atoms with Gasteiger partial charge in [-0.15, -0.1) is 0 Å². The molecule has 1 aromatic carbocycles. The molecule has 0 saturated heterocycles. The average Bonchev–Trinajstić information content (AvgIpc) is 2.74. The lowest BCUT2D eigenvalue weighted by atomic mass is 10.2. The van der Waals surface area contributed by atoms with E-state index in [1.807, 2.05) is 36.1 Å². The molecule has 0 spiro atoms. The lowest BCUT2D eigenvalue weighted by Crippen LogP contribution is -2.32. The van der Waals surface area contributed by atoms with Crippen LogP contribution >= 0.6 is 0 Å². The van der Waals surface area contributed by atoms with E-state index in [2.05, 4.69) is 35.9 Å². The van der Waals surface area contributed by atoms with Crippen molar-refractivity contribution in [1.29, 1.82) is 0 Å². The van der Waals surface area contributed by atoms with Gasteiger partial charge < -0.3 is 15.2 Å². The van der Waals surface area contributed by atoms with E-state index in [1.54, 1.807) is 0 Å². The molecule has 0 aliphatic heterocycles. The molecule has 2 rings (SSSR count). The molecule has 0 aliphatic carbocycles. The summed E-state index contributed by atoms with van der Waals surface area (Å²) in [5, 5.41) is 0. The number of rotatable bonds is 4. The molecule has 2 N–H and O–H groups in total. The molecule has 0 aliphatic rings. The summed E-state index contributed by atoms with van der Waals surface area (Å²) >= 11 is 0. The highest BCUT2D eigenvalue weighted by Gasteiger charge is 2.14. The first-order valence-electron chi connectivity index (χ1n) is 6.16. The van der Waals surface area contributed by atoms with E-state index in [0.717, 1.165) is 18.2 Å². The van der Waals surface area contributed by atoms with Gasteiger partial charge in [-0.3, -0.25) is 0 Å². The summed E-state index contributed by atoms with van der Waals surface area (Å²) in [6, 6.07) is 8.39. The first-order chi connectivity index (χ1) is 8.58. The van der Waals surface area contributed by atoms with E-state index in [1.165, 1.54) is 5.56 Å². The van der Waals surface area contributed by atoms with Crippen molar-refractivity contribution in [2.24, 2.45) is 7.05 Å². The second-order valence-electron chi connectivity index (χ2n) is 4.80. The van der Waals surface area contributed by atoms with Gasteiger partial charge in [0.05, 0.1) is 0 Å². The minimum absolute atomic E-state index is 0.392. The normalized spacial score (nSPS) is 10.9. The first-order valence-corrected chi connectivity index (χ1v) is 6.16. The van der Waals surface area contributed by atoms with Crippen LogP contribution in [0.15, 0.2) is 36.7 Å². The van der Waals surface area contributed by atoms with Gasteiger partial charge in [-0.2, -0.15) is 0 Å². The molecule has 0 radical (unpaired) electrons. The van der Waals surface area contributed by atoms with Gasteiger partial charge in [-0.25, -0.2) is 4.98 Å². The minimum atomic E-state index is 0.392. The molecule has 2 aromatic rings. The van der Waals surface area contributed by atoms with Gasteiger partial charge in [0.2, 0.25) is 5.95 Å². The number of imidazole rings is 1. The molecule has 96 valence electrons. The number of anilines is 2. The Kier molecular flexibility index (Phi) is 3.55. The smallest absolute Gasteiger partial charge is 0.205 e. The first kappa shape index (κ1) is 12.5. The minimum Gasteiger partial charge on any atom is -0.399 e. The van der Waals surface area contributed by atoms with Crippen LogP contribution in [0.5, 0.6) is 0 Å². The van der Waals surface area contributed by atoms with E-state index >= 15 is 0 Å². The molecule has 0 atom stereocenters. The number of nitrogens with zero attached hydrogens (tertiary/aromatic N) is 3. The number of hydrogen-bond donors (Lipinski definition) is 1. The van der Waals surface area contributed by atoms with Crippen LogP contribution < -0.4 is 10.6 Å². The SMILES string of the molecule is CC(C)N(Cc1ccc(N)cc1)c1nccn1C. The van der Waals surface area contributed by atoms with Gasteiger partial charge >= 0.3 is 0 Å². The topological polar surface area (TPSA) is 47.1 Å². The third-order valence-corrected chi connectivity index (χ3v) is 3.01. The van der Waals surface area contributed by atoms with E-state index in [4.69, 9.17) is 5.73 Å². The van der Waals surface area contributed by atoms with Gasteiger partial charge in [-0.1, -0.05) is 12.1 Å². The lowest BCUT2D eigenvalue weighted by Gasteiger charge is -2.27. The fraction of sp³-hybridized carbons (Fsp3) is 0.357. The fourth-order valence-corrected chi connectivity index (χ4v) is 1.94. The molecule has 0 fully saturated rings. The number of aryl methyl sites for hydroxylation is 1. The van der Waals surface area contributed by atoms with Crippen molar-refractivity contribution in [2.75, 3.05) is 10.6 Å². The van der Waals surface area contributed by atoms with E-state index < -0.39 is 0 Å². The van der Waals surface area contributed by atoms with E-state index in [9.17, 15) is 0 Å². The Morgan fingerprint density at radius 1 is 1.28 bits per heavy atom. The third-order valence-electron chi connectivity index (χ3n) is 3.01. The van der Waals surface area contributed by atoms with E-state index in [0.29, 0.717) is 6.04 Å². The van der Waals surface area contributed by atoms with Crippen molar-refractivity contribution in [3.8, 4) is 0 Å². The average molecular weight is 244 g/mol. The molecule has 1 aromatic heterocycles. The Balaban J connectivity index is 2.22. The predicted molar refractivity (Wildman–Crippen MR) is 75.4 cm³/mol. The van der Waals surface area contributed by atoms with E-state index in [-0.39, 0.29) is 0 Å². The van der Waals surface area contributed by atoms with Crippen LogP contribution in [0.3, 0.4) is 0 Å². The van der Waals surface area contributed by atoms with Gasteiger partial charge in [0.15, 0.2) is 0 Å². The zero-order valence-electron chi connectivity index (χ0n) is 11.2. The molecule has 4 nitrogen and oxygen atoms in total. The molecule has 0 bridgehead atoms. The van der Waals surface area contributed by atoms with Crippen LogP contribution in [0, 0.1) is 0 Å². The summed E-state index contributed by atoms with van der Waals surface area (Å²) in [4.78, 5) is 6.68. The summed E-state index contributed by atoms with van der Waals surface area (Å²) in [7, 11) is 2.01. The summed E-state index contributed by atoms with van der Waals surface area (Å²) in [6.45, 7) is 5.18. The van der Waals surface area contributed by atoms with Crippen LogP contribution in [-0.2, 0) is 13.6 Å². The van der Waals surface area contributed by atoms with Crippen LogP contribution in [0.2, 0.25) is 0 Å².